The molecule has 2 N–H and O–H groups in total. The Balaban J connectivity index is 1.69. The predicted molar refractivity (Wildman–Crippen MR) is 109 cm³/mol. The Morgan fingerprint density at radius 2 is 1.44 bits per heavy atom. The zero-order valence-corrected chi connectivity index (χ0v) is 14.8. The third-order valence-electron chi connectivity index (χ3n) is 4.63. The van der Waals surface area contributed by atoms with Crippen molar-refractivity contribution in [3.63, 3.8) is 0 Å². The molecule has 4 aromatic carbocycles. The topological polar surface area (TPSA) is 61.7 Å². The number of phenolic OH excluding ortho intramolecular Hbond substituents is 1. The van der Waals surface area contributed by atoms with Gasteiger partial charge in [-0.15, -0.1) is 0 Å². The Morgan fingerprint density at radius 3 is 2.22 bits per heavy atom. The number of rotatable bonds is 3. The van der Waals surface area contributed by atoms with Crippen molar-refractivity contribution in [2.45, 2.75) is 6.92 Å². The molecule has 0 spiro atoms. The van der Waals surface area contributed by atoms with Crippen molar-refractivity contribution >= 4 is 33.2 Å². The van der Waals surface area contributed by atoms with Crippen LogP contribution in [-0.2, 0) is 0 Å². The molecule has 0 heterocycles. The van der Waals surface area contributed by atoms with Crippen molar-refractivity contribution in [1.29, 1.82) is 0 Å². The van der Waals surface area contributed by atoms with Crippen molar-refractivity contribution in [2.75, 3.05) is 0 Å². The third kappa shape index (κ3) is 3.13. The number of nitrogens with zero attached hydrogens (tertiary/aromatic N) is 1. The summed E-state index contributed by atoms with van der Waals surface area (Å²) in [6, 6.07) is 24.6. The van der Waals surface area contributed by atoms with E-state index in [0.717, 1.165) is 21.5 Å². The second kappa shape index (κ2) is 6.92. The van der Waals surface area contributed by atoms with Crippen LogP contribution < -0.4 is 5.43 Å². The number of benzene rings is 4. The van der Waals surface area contributed by atoms with E-state index in [1.54, 1.807) is 19.1 Å². The lowest BCUT2D eigenvalue weighted by Crippen LogP contribution is -2.19. The van der Waals surface area contributed by atoms with Gasteiger partial charge >= 0.3 is 0 Å². The number of fused-ring (bicyclic) bond motifs is 2. The highest BCUT2D eigenvalue weighted by Crippen LogP contribution is 2.27. The van der Waals surface area contributed by atoms with Crippen molar-refractivity contribution in [3.05, 3.63) is 90.0 Å². The van der Waals surface area contributed by atoms with Crippen molar-refractivity contribution in [1.82, 2.24) is 5.43 Å². The molecule has 0 aliphatic heterocycles. The highest BCUT2D eigenvalue weighted by atomic mass is 16.3. The zero-order chi connectivity index (χ0) is 18.8. The minimum atomic E-state index is -0.286. The fourth-order valence-electron chi connectivity index (χ4n) is 3.31. The Morgan fingerprint density at radius 1 is 0.815 bits per heavy atom. The molecule has 4 rings (SSSR count). The quantitative estimate of drug-likeness (QED) is 0.408. The van der Waals surface area contributed by atoms with Gasteiger partial charge in [-0.05, 0) is 40.6 Å². The molecular formula is C23H18N2O2. The maximum Gasteiger partial charge on any atom is 0.272 e. The fourth-order valence-corrected chi connectivity index (χ4v) is 3.31. The molecule has 0 bridgehead atoms. The second-order valence-corrected chi connectivity index (χ2v) is 6.35. The SMILES string of the molecule is C/C(=N\NC(=O)c1cccc2ccccc12)c1c(O)ccc2ccccc12. The molecule has 0 saturated carbocycles. The summed E-state index contributed by atoms with van der Waals surface area (Å²) in [7, 11) is 0. The van der Waals surface area contributed by atoms with Crippen LogP contribution in [-0.4, -0.2) is 16.7 Å². The Labute approximate surface area is 156 Å². The van der Waals surface area contributed by atoms with Gasteiger partial charge in [-0.1, -0.05) is 66.7 Å². The van der Waals surface area contributed by atoms with Crippen LogP contribution in [0.3, 0.4) is 0 Å². The van der Waals surface area contributed by atoms with Gasteiger partial charge in [0.25, 0.3) is 5.91 Å². The lowest BCUT2D eigenvalue weighted by molar-refractivity contribution is 0.0956. The van der Waals surface area contributed by atoms with Crippen LogP contribution in [0, 0.1) is 0 Å². The van der Waals surface area contributed by atoms with Gasteiger partial charge in [0, 0.05) is 11.1 Å². The molecule has 0 aromatic heterocycles. The first-order valence-electron chi connectivity index (χ1n) is 8.68. The van der Waals surface area contributed by atoms with E-state index >= 15 is 0 Å². The lowest BCUT2D eigenvalue weighted by atomic mass is 10.0. The predicted octanol–water partition coefficient (Wildman–Crippen LogP) is 4.85. The van der Waals surface area contributed by atoms with Crippen LogP contribution >= 0.6 is 0 Å². The number of carbonyl (C=O) groups is 1. The van der Waals surface area contributed by atoms with Gasteiger partial charge in [-0.3, -0.25) is 4.79 Å². The Hall–Kier alpha value is -3.66. The number of hydrogen-bond acceptors (Lipinski definition) is 3. The summed E-state index contributed by atoms with van der Waals surface area (Å²) >= 11 is 0. The fraction of sp³-hybridized carbons (Fsp3) is 0.0435. The van der Waals surface area contributed by atoms with E-state index in [1.165, 1.54) is 0 Å². The van der Waals surface area contributed by atoms with Gasteiger partial charge in [-0.2, -0.15) is 5.10 Å². The Bertz CT molecular complexity index is 1190. The summed E-state index contributed by atoms with van der Waals surface area (Å²) in [6.45, 7) is 1.77. The van der Waals surface area contributed by atoms with E-state index in [2.05, 4.69) is 10.5 Å². The van der Waals surface area contributed by atoms with Gasteiger partial charge in [0.1, 0.15) is 5.75 Å². The number of phenols is 1. The summed E-state index contributed by atoms with van der Waals surface area (Å²) < 4.78 is 0. The van der Waals surface area contributed by atoms with E-state index in [9.17, 15) is 9.90 Å². The molecule has 1 amide bonds. The van der Waals surface area contributed by atoms with Gasteiger partial charge in [0.05, 0.1) is 5.71 Å². The molecule has 0 aliphatic carbocycles. The highest BCUT2D eigenvalue weighted by Gasteiger charge is 2.12. The van der Waals surface area contributed by atoms with Crippen molar-refractivity contribution in [2.24, 2.45) is 5.10 Å². The molecule has 0 atom stereocenters. The number of aromatic hydroxyl groups is 1. The summed E-state index contributed by atoms with van der Waals surface area (Å²) in [5.41, 5.74) is 4.34. The minimum absolute atomic E-state index is 0.134. The molecule has 0 unspecified atom stereocenters. The van der Waals surface area contributed by atoms with Crippen LogP contribution in [0.15, 0.2) is 84.0 Å². The standard InChI is InChI=1S/C23H18N2O2/c1-15(22-19-11-5-3-8-17(19)13-14-21(22)26)24-25-23(27)20-12-6-9-16-7-2-4-10-18(16)20/h2-14,26H,1H3,(H,25,27)/b24-15+. The maximum atomic E-state index is 12.7. The second-order valence-electron chi connectivity index (χ2n) is 6.35. The molecule has 0 fully saturated rings. The van der Waals surface area contributed by atoms with Crippen molar-refractivity contribution < 1.29 is 9.90 Å². The van der Waals surface area contributed by atoms with Crippen LogP contribution in [0.25, 0.3) is 21.5 Å². The van der Waals surface area contributed by atoms with E-state index in [1.807, 2.05) is 66.7 Å². The monoisotopic (exact) mass is 354 g/mol. The molecule has 0 saturated heterocycles. The van der Waals surface area contributed by atoms with Gasteiger partial charge < -0.3 is 5.11 Å². The lowest BCUT2D eigenvalue weighted by Gasteiger charge is -2.10. The summed E-state index contributed by atoms with van der Waals surface area (Å²) in [5.74, 6) is -0.153. The normalized spacial score (nSPS) is 11.7. The van der Waals surface area contributed by atoms with Gasteiger partial charge in [0.15, 0.2) is 0 Å². The molecule has 27 heavy (non-hydrogen) atoms. The molecule has 4 nitrogen and oxygen atoms in total. The van der Waals surface area contributed by atoms with Crippen LogP contribution in [0.2, 0.25) is 0 Å². The molecule has 132 valence electrons. The number of amides is 1. The summed E-state index contributed by atoms with van der Waals surface area (Å²) in [4.78, 5) is 12.7. The average Bonchev–Trinajstić information content (AvgIpc) is 2.71. The van der Waals surface area contributed by atoms with E-state index in [0.29, 0.717) is 16.8 Å². The molecule has 4 aromatic rings. The van der Waals surface area contributed by atoms with E-state index in [4.69, 9.17) is 0 Å². The molecule has 0 aliphatic rings. The summed E-state index contributed by atoms with van der Waals surface area (Å²) in [6.07, 6.45) is 0. The number of nitrogens with one attached hydrogen (secondary N) is 1. The summed E-state index contributed by atoms with van der Waals surface area (Å²) in [5, 5.41) is 18.3. The minimum Gasteiger partial charge on any atom is -0.507 e. The molecule has 0 radical (unpaired) electrons. The number of hydrogen-bond donors (Lipinski definition) is 2. The van der Waals surface area contributed by atoms with Crippen LogP contribution in [0.4, 0.5) is 0 Å². The highest BCUT2D eigenvalue weighted by molar-refractivity contribution is 6.13. The van der Waals surface area contributed by atoms with Crippen LogP contribution in [0.5, 0.6) is 5.75 Å². The largest absolute Gasteiger partial charge is 0.507 e. The smallest absolute Gasteiger partial charge is 0.272 e. The third-order valence-corrected chi connectivity index (χ3v) is 4.63. The first kappa shape index (κ1) is 16.8. The molecule has 4 heteroatoms. The van der Waals surface area contributed by atoms with Crippen molar-refractivity contribution in [3.8, 4) is 5.75 Å². The number of carbonyl (C=O) groups excluding carboxylic acids is 1. The first-order chi connectivity index (χ1) is 13.1. The first-order valence-corrected chi connectivity index (χ1v) is 8.68. The number of hydrazone groups is 1. The Kier molecular flexibility index (Phi) is 4.30. The van der Waals surface area contributed by atoms with Gasteiger partial charge in [0.2, 0.25) is 0 Å². The maximum absolute atomic E-state index is 12.7. The van der Waals surface area contributed by atoms with E-state index in [-0.39, 0.29) is 11.7 Å². The van der Waals surface area contributed by atoms with Gasteiger partial charge in [-0.25, -0.2) is 5.43 Å². The zero-order valence-electron chi connectivity index (χ0n) is 14.8. The molecular weight excluding hydrogens is 336 g/mol. The average molecular weight is 354 g/mol. The van der Waals surface area contributed by atoms with Crippen LogP contribution in [0.1, 0.15) is 22.8 Å². The van der Waals surface area contributed by atoms with E-state index < -0.39 is 0 Å².